The minimum atomic E-state index is -4.88. The number of aryl methyl sites for hydroxylation is 1. The maximum Gasteiger partial charge on any atom is 0.399 e. The van der Waals surface area contributed by atoms with Crippen molar-refractivity contribution >= 4 is 23.5 Å². The summed E-state index contributed by atoms with van der Waals surface area (Å²) in [4.78, 5) is 0. The van der Waals surface area contributed by atoms with Gasteiger partial charge >= 0.3 is 6.18 Å². The molecule has 0 aromatic heterocycles. The minimum Gasteiger partial charge on any atom is -0.385 e. The zero-order valence-corrected chi connectivity index (χ0v) is 22.4. The second-order valence-corrected chi connectivity index (χ2v) is 10.2. The Kier molecular flexibility index (Phi) is 9.92. The van der Waals surface area contributed by atoms with Crippen molar-refractivity contribution in [1.29, 1.82) is 0 Å². The third kappa shape index (κ3) is 8.13. The van der Waals surface area contributed by atoms with Crippen LogP contribution in [-0.2, 0) is 12.3 Å². The van der Waals surface area contributed by atoms with E-state index in [1.165, 1.54) is 39.0 Å². The lowest BCUT2D eigenvalue weighted by Gasteiger charge is -2.22. The molecule has 0 aliphatic heterocycles. The third-order valence-corrected chi connectivity index (χ3v) is 6.29. The average Bonchev–Trinajstić information content (AvgIpc) is 2.79. The van der Waals surface area contributed by atoms with Crippen LogP contribution in [0.25, 0.3) is 11.9 Å². The molecule has 9 heteroatoms. The van der Waals surface area contributed by atoms with Crippen molar-refractivity contribution in [1.82, 2.24) is 5.32 Å². The van der Waals surface area contributed by atoms with Gasteiger partial charge in [-0.05, 0) is 61.2 Å². The van der Waals surface area contributed by atoms with Gasteiger partial charge < -0.3 is 5.32 Å². The molecule has 0 saturated heterocycles. The normalized spacial score (nSPS) is 13.8. The van der Waals surface area contributed by atoms with Crippen LogP contribution in [-0.4, -0.2) is 18.4 Å². The molecule has 1 N–H and O–H groups in total. The van der Waals surface area contributed by atoms with Gasteiger partial charge in [-0.25, -0.2) is 17.6 Å². The maximum absolute atomic E-state index is 15.3. The Bertz CT molecular complexity index is 1180. The van der Waals surface area contributed by atoms with Gasteiger partial charge in [-0.1, -0.05) is 56.0 Å². The number of allylic oxidation sites excluding steroid dienone is 2. The molecule has 0 aliphatic rings. The molecule has 1 unspecified atom stereocenters. The highest BCUT2D eigenvalue weighted by Crippen LogP contribution is 2.41. The van der Waals surface area contributed by atoms with Crippen molar-refractivity contribution < 1.29 is 30.7 Å². The van der Waals surface area contributed by atoms with E-state index < -0.39 is 47.1 Å². The number of hydrogen-bond acceptors (Lipinski definition) is 1. The molecule has 2 aromatic rings. The predicted octanol–water partition coefficient (Wildman–Crippen LogP) is 9.84. The summed E-state index contributed by atoms with van der Waals surface area (Å²) in [5, 5.41) is 2.77. The molecule has 1 nitrogen and oxygen atoms in total. The molecule has 38 heavy (non-hydrogen) atoms. The van der Waals surface area contributed by atoms with Crippen molar-refractivity contribution in [3.63, 3.8) is 0 Å². The Morgan fingerprint density at radius 1 is 1.08 bits per heavy atom. The lowest BCUT2D eigenvalue weighted by Crippen LogP contribution is -2.31. The number of hydrogen-bond donors (Lipinski definition) is 1. The van der Waals surface area contributed by atoms with E-state index in [1.807, 2.05) is 0 Å². The number of nitrogens with one attached hydrogen (secondary N) is 1. The summed E-state index contributed by atoms with van der Waals surface area (Å²) in [6, 6.07) is 5.53. The summed E-state index contributed by atoms with van der Waals surface area (Å²) in [6.07, 6.45) is -3.85. The van der Waals surface area contributed by atoms with Crippen LogP contribution in [0.4, 0.5) is 30.7 Å². The molecular formula is C29H31ClF7N. The van der Waals surface area contributed by atoms with Crippen molar-refractivity contribution in [2.45, 2.75) is 64.2 Å². The van der Waals surface area contributed by atoms with Gasteiger partial charge in [0.05, 0.1) is 0 Å². The highest BCUT2D eigenvalue weighted by molar-refractivity contribution is 6.32. The van der Waals surface area contributed by atoms with Crippen LogP contribution in [0.2, 0.25) is 5.02 Å². The standard InChI is InChI=1S/C29H31ClF7N/c1-7-22-17(3)11-21(14-25(22)30)24(29(35,36)37)15-26(31)20-10-9-19(23(13-20)28(33,34)8-2)12-18(4)38-16-27(5,6)32/h7,9-11,13-15,24,38H,1,4,8,12,16H2,2-3,5-6H3/b26-15-. The topological polar surface area (TPSA) is 12.0 Å². The van der Waals surface area contributed by atoms with Crippen molar-refractivity contribution in [2.75, 3.05) is 6.54 Å². The van der Waals surface area contributed by atoms with E-state index in [0.717, 1.165) is 18.2 Å². The first-order valence-corrected chi connectivity index (χ1v) is 12.3. The monoisotopic (exact) mass is 561 g/mol. The first-order chi connectivity index (χ1) is 17.4. The van der Waals surface area contributed by atoms with E-state index in [1.54, 1.807) is 6.92 Å². The van der Waals surface area contributed by atoms with E-state index in [4.69, 9.17) is 11.6 Å². The SMILES string of the molecule is C=Cc1c(C)cc(C(/C=C(\F)c2ccc(CC(=C)NCC(C)(C)F)c(C(F)(F)CC)c2)C(F)(F)F)cc1Cl. The van der Waals surface area contributed by atoms with Crippen molar-refractivity contribution in [3.05, 3.63) is 93.7 Å². The molecule has 2 aromatic carbocycles. The van der Waals surface area contributed by atoms with Gasteiger partial charge in [0.1, 0.15) is 17.4 Å². The fourth-order valence-electron chi connectivity index (χ4n) is 3.88. The maximum atomic E-state index is 15.3. The Balaban J connectivity index is 2.54. The Morgan fingerprint density at radius 3 is 2.21 bits per heavy atom. The van der Waals surface area contributed by atoms with Gasteiger partial charge in [0, 0.05) is 41.2 Å². The van der Waals surface area contributed by atoms with E-state index >= 15 is 4.39 Å². The second-order valence-electron chi connectivity index (χ2n) is 9.75. The van der Waals surface area contributed by atoms with Crippen LogP contribution in [0, 0.1) is 6.92 Å². The molecule has 2 rings (SSSR count). The van der Waals surface area contributed by atoms with Crippen LogP contribution in [0.5, 0.6) is 0 Å². The second kappa shape index (κ2) is 12.0. The molecule has 0 heterocycles. The number of benzene rings is 2. The largest absolute Gasteiger partial charge is 0.399 e. The van der Waals surface area contributed by atoms with E-state index in [0.29, 0.717) is 17.2 Å². The molecular weight excluding hydrogens is 531 g/mol. The van der Waals surface area contributed by atoms with E-state index in [9.17, 15) is 26.3 Å². The molecule has 0 amide bonds. The number of halogens is 8. The van der Waals surface area contributed by atoms with Crippen molar-refractivity contribution in [2.24, 2.45) is 0 Å². The first kappa shape index (κ1) is 31.5. The fraction of sp³-hybridized carbons (Fsp3) is 0.379. The number of rotatable bonds is 11. The van der Waals surface area contributed by atoms with Gasteiger partial charge in [0.25, 0.3) is 5.92 Å². The van der Waals surface area contributed by atoms with Crippen LogP contribution < -0.4 is 5.32 Å². The zero-order valence-electron chi connectivity index (χ0n) is 21.7. The van der Waals surface area contributed by atoms with Crippen LogP contribution >= 0.6 is 11.6 Å². The Morgan fingerprint density at radius 2 is 1.71 bits per heavy atom. The van der Waals surface area contributed by atoms with Gasteiger partial charge in [0.2, 0.25) is 0 Å². The lowest BCUT2D eigenvalue weighted by atomic mass is 9.91. The molecule has 0 radical (unpaired) electrons. The summed E-state index contributed by atoms with van der Waals surface area (Å²) < 4.78 is 101. The minimum absolute atomic E-state index is 0.0253. The fourth-order valence-corrected chi connectivity index (χ4v) is 4.23. The molecule has 0 aliphatic carbocycles. The Labute approximate surface area is 224 Å². The molecule has 0 bridgehead atoms. The number of alkyl halides is 6. The van der Waals surface area contributed by atoms with Gasteiger partial charge in [-0.15, -0.1) is 0 Å². The average molecular weight is 562 g/mol. The molecule has 0 spiro atoms. The van der Waals surface area contributed by atoms with Gasteiger partial charge in [0.15, 0.2) is 0 Å². The zero-order chi connectivity index (χ0) is 29.1. The van der Waals surface area contributed by atoms with E-state index in [-0.39, 0.29) is 34.8 Å². The Hall–Kier alpha value is -2.74. The van der Waals surface area contributed by atoms with Crippen LogP contribution in [0.15, 0.2) is 55.3 Å². The first-order valence-electron chi connectivity index (χ1n) is 11.9. The van der Waals surface area contributed by atoms with Gasteiger partial charge in [-0.3, -0.25) is 0 Å². The van der Waals surface area contributed by atoms with Crippen molar-refractivity contribution in [3.8, 4) is 0 Å². The lowest BCUT2D eigenvalue weighted by molar-refractivity contribution is -0.139. The molecule has 0 fully saturated rings. The molecule has 1 atom stereocenters. The van der Waals surface area contributed by atoms with E-state index in [2.05, 4.69) is 18.5 Å². The quantitative estimate of drug-likeness (QED) is 0.269. The van der Waals surface area contributed by atoms with Crippen LogP contribution in [0.1, 0.15) is 66.5 Å². The summed E-state index contributed by atoms with van der Waals surface area (Å²) in [6.45, 7) is 12.7. The molecule has 0 saturated carbocycles. The summed E-state index contributed by atoms with van der Waals surface area (Å²) in [5.74, 6) is -7.08. The third-order valence-electron chi connectivity index (χ3n) is 5.97. The summed E-state index contributed by atoms with van der Waals surface area (Å²) in [7, 11) is 0. The summed E-state index contributed by atoms with van der Waals surface area (Å²) in [5.41, 5.74) is -1.60. The summed E-state index contributed by atoms with van der Waals surface area (Å²) >= 11 is 6.11. The van der Waals surface area contributed by atoms with Gasteiger partial charge in [-0.2, -0.15) is 13.2 Å². The highest BCUT2D eigenvalue weighted by atomic mass is 35.5. The predicted molar refractivity (Wildman–Crippen MR) is 141 cm³/mol. The highest BCUT2D eigenvalue weighted by Gasteiger charge is 2.40. The molecule has 208 valence electrons. The smallest absolute Gasteiger partial charge is 0.385 e. The van der Waals surface area contributed by atoms with Crippen LogP contribution in [0.3, 0.4) is 0 Å².